The Bertz CT molecular complexity index is 534. The van der Waals surface area contributed by atoms with Crippen LogP contribution in [0, 0.1) is 5.92 Å². The number of ether oxygens (including phenoxy) is 2. The Morgan fingerprint density at radius 1 is 1.19 bits per heavy atom. The van der Waals surface area contributed by atoms with Crippen molar-refractivity contribution in [2.45, 2.75) is 46.0 Å². The Morgan fingerprint density at radius 3 is 2.54 bits per heavy atom. The van der Waals surface area contributed by atoms with Crippen molar-refractivity contribution in [1.29, 1.82) is 0 Å². The minimum atomic E-state index is -0.350. The van der Waals surface area contributed by atoms with Gasteiger partial charge in [0.25, 0.3) is 0 Å². The van der Waals surface area contributed by atoms with E-state index >= 15 is 0 Å². The van der Waals surface area contributed by atoms with Crippen molar-refractivity contribution in [1.82, 2.24) is 5.32 Å². The maximum absolute atomic E-state index is 11.4. The van der Waals surface area contributed by atoms with Crippen LogP contribution in [0.1, 0.15) is 56.3 Å². The third-order valence-corrected chi connectivity index (χ3v) is 4.46. The first-order valence-electron chi connectivity index (χ1n) is 9.41. The molecule has 0 aliphatic heterocycles. The van der Waals surface area contributed by atoms with Crippen LogP contribution in [0.3, 0.4) is 0 Å². The summed E-state index contributed by atoms with van der Waals surface area (Å²) in [4.78, 5) is 11.4. The molecule has 1 unspecified atom stereocenters. The summed E-state index contributed by atoms with van der Waals surface area (Å²) in [6.45, 7) is 6.81. The van der Waals surface area contributed by atoms with Crippen LogP contribution in [-0.2, 0) is 9.47 Å². The van der Waals surface area contributed by atoms with E-state index in [1.165, 1.54) is 32.8 Å². The molecule has 5 nitrogen and oxygen atoms in total. The van der Waals surface area contributed by atoms with Crippen LogP contribution >= 0.6 is 12.2 Å². The molecule has 26 heavy (non-hydrogen) atoms. The van der Waals surface area contributed by atoms with E-state index in [2.05, 4.69) is 29.2 Å². The zero-order valence-electron chi connectivity index (χ0n) is 16.2. The van der Waals surface area contributed by atoms with E-state index in [4.69, 9.17) is 17.0 Å². The van der Waals surface area contributed by atoms with Crippen LogP contribution in [0.4, 0.5) is 5.69 Å². The number of nitrogens with one attached hydrogen (secondary N) is 2. The first-order chi connectivity index (χ1) is 12.6. The first-order valence-corrected chi connectivity index (χ1v) is 9.82. The molecular formula is C20H32N2O3S. The fourth-order valence-electron chi connectivity index (χ4n) is 2.51. The minimum Gasteiger partial charge on any atom is -0.465 e. The molecule has 1 atom stereocenters. The quantitative estimate of drug-likeness (QED) is 0.319. The van der Waals surface area contributed by atoms with Crippen LogP contribution in [0.15, 0.2) is 24.3 Å². The Morgan fingerprint density at radius 2 is 1.92 bits per heavy atom. The predicted octanol–water partition coefficient (Wildman–Crippen LogP) is 4.38. The van der Waals surface area contributed by atoms with Crippen molar-refractivity contribution in [3.8, 4) is 0 Å². The number of benzene rings is 1. The number of carbonyl (C=O) groups is 1. The lowest BCUT2D eigenvalue weighted by molar-refractivity contribution is 0.0601. The Labute approximate surface area is 162 Å². The predicted molar refractivity (Wildman–Crippen MR) is 111 cm³/mol. The second-order valence-electron chi connectivity index (χ2n) is 6.29. The molecule has 6 heteroatoms. The second kappa shape index (κ2) is 13.5. The fraction of sp³-hybridized carbons (Fsp3) is 0.600. The normalized spacial score (nSPS) is 11.7. The first kappa shape index (κ1) is 22.4. The molecule has 146 valence electrons. The van der Waals surface area contributed by atoms with E-state index in [0.29, 0.717) is 16.6 Å². The average Bonchev–Trinajstić information content (AvgIpc) is 2.66. The number of methoxy groups -OCH3 is 1. The fourth-order valence-corrected chi connectivity index (χ4v) is 2.73. The minimum absolute atomic E-state index is 0.350. The van der Waals surface area contributed by atoms with Gasteiger partial charge in [0.2, 0.25) is 0 Å². The Hall–Kier alpha value is -1.66. The molecule has 0 aromatic heterocycles. The van der Waals surface area contributed by atoms with Crippen molar-refractivity contribution in [2.24, 2.45) is 5.92 Å². The summed E-state index contributed by atoms with van der Waals surface area (Å²) in [5.41, 5.74) is 1.34. The lowest BCUT2D eigenvalue weighted by Gasteiger charge is -2.15. The van der Waals surface area contributed by atoms with Crippen LogP contribution < -0.4 is 10.6 Å². The summed E-state index contributed by atoms with van der Waals surface area (Å²) in [6, 6.07) is 7.00. The van der Waals surface area contributed by atoms with Gasteiger partial charge >= 0.3 is 5.97 Å². The molecule has 0 aliphatic rings. The molecule has 0 amide bonds. The molecule has 0 bridgehead atoms. The van der Waals surface area contributed by atoms with Gasteiger partial charge in [0.15, 0.2) is 5.11 Å². The molecule has 0 aliphatic carbocycles. The lowest BCUT2D eigenvalue weighted by atomic mass is 10.0. The summed E-state index contributed by atoms with van der Waals surface area (Å²) in [6.07, 6.45) is 5.88. The molecule has 0 saturated heterocycles. The van der Waals surface area contributed by atoms with Gasteiger partial charge in [0.1, 0.15) is 0 Å². The van der Waals surface area contributed by atoms with Crippen molar-refractivity contribution in [3.05, 3.63) is 29.8 Å². The Kier molecular flexibility index (Phi) is 11.6. The number of esters is 1. The number of hydrogen-bond donors (Lipinski definition) is 2. The molecule has 0 spiro atoms. The van der Waals surface area contributed by atoms with E-state index in [9.17, 15) is 4.79 Å². The molecule has 0 fully saturated rings. The van der Waals surface area contributed by atoms with Crippen molar-refractivity contribution >= 4 is 29.0 Å². The third kappa shape index (κ3) is 9.15. The second-order valence-corrected chi connectivity index (χ2v) is 6.70. The topological polar surface area (TPSA) is 59.6 Å². The zero-order valence-corrected chi connectivity index (χ0v) is 17.0. The molecule has 1 aromatic rings. The van der Waals surface area contributed by atoms with Gasteiger partial charge in [-0.05, 0) is 55.2 Å². The standard InChI is InChI=1S/C20H32N2O3S/c1-4-6-8-16(5-2)15-25-14-7-13-21-20(26)22-18-11-9-17(10-12-18)19(23)24-3/h9-12,16H,4-8,13-15H2,1-3H3,(H2,21,22,26). The molecule has 0 radical (unpaired) electrons. The smallest absolute Gasteiger partial charge is 0.337 e. The van der Waals surface area contributed by atoms with Gasteiger partial charge in [-0.1, -0.05) is 33.1 Å². The number of hydrogen-bond acceptors (Lipinski definition) is 4. The van der Waals surface area contributed by atoms with Gasteiger partial charge in [0.05, 0.1) is 12.7 Å². The van der Waals surface area contributed by atoms with Gasteiger partial charge in [-0.2, -0.15) is 0 Å². The monoisotopic (exact) mass is 380 g/mol. The molecule has 0 heterocycles. The Balaban J connectivity index is 2.16. The van der Waals surface area contributed by atoms with Crippen molar-refractivity contribution in [3.63, 3.8) is 0 Å². The van der Waals surface area contributed by atoms with Crippen LogP contribution in [0.25, 0.3) is 0 Å². The van der Waals surface area contributed by atoms with Crippen LogP contribution in [-0.4, -0.2) is 38.0 Å². The molecular weight excluding hydrogens is 348 g/mol. The highest BCUT2D eigenvalue weighted by atomic mass is 32.1. The van der Waals surface area contributed by atoms with Gasteiger partial charge in [-0.15, -0.1) is 0 Å². The van der Waals surface area contributed by atoms with Crippen molar-refractivity contribution < 1.29 is 14.3 Å². The third-order valence-electron chi connectivity index (χ3n) is 4.21. The van der Waals surface area contributed by atoms with E-state index in [1.54, 1.807) is 24.3 Å². The summed E-state index contributed by atoms with van der Waals surface area (Å²) < 4.78 is 10.5. The van der Waals surface area contributed by atoms with Crippen LogP contribution in [0.2, 0.25) is 0 Å². The largest absolute Gasteiger partial charge is 0.465 e. The summed E-state index contributed by atoms with van der Waals surface area (Å²) >= 11 is 5.27. The van der Waals surface area contributed by atoms with Crippen molar-refractivity contribution in [2.75, 3.05) is 32.2 Å². The number of unbranched alkanes of at least 4 members (excludes halogenated alkanes) is 1. The van der Waals surface area contributed by atoms with E-state index in [0.717, 1.165) is 31.9 Å². The number of rotatable bonds is 12. The SMILES string of the molecule is CCCCC(CC)COCCCNC(=S)Nc1ccc(C(=O)OC)cc1. The van der Waals surface area contributed by atoms with Gasteiger partial charge in [0, 0.05) is 25.4 Å². The van der Waals surface area contributed by atoms with Gasteiger partial charge < -0.3 is 20.1 Å². The van der Waals surface area contributed by atoms with E-state index in [-0.39, 0.29) is 5.97 Å². The molecule has 1 rings (SSSR count). The number of anilines is 1. The molecule has 2 N–H and O–H groups in total. The van der Waals surface area contributed by atoms with E-state index < -0.39 is 0 Å². The van der Waals surface area contributed by atoms with Crippen LogP contribution in [0.5, 0.6) is 0 Å². The molecule has 1 aromatic carbocycles. The maximum Gasteiger partial charge on any atom is 0.337 e. The van der Waals surface area contributed by atoms with Gasteiger partial charge in [-0.25, -0.2) is 4.79 Å². The maximum atomic E-state index is 11.4. The molecule has 0 saturated carbocycles. The van der Waals surface area contributed by atoms with Gasteiger partial charge in [-0.3, -0.25) is 0 Å². The zero-order chi connectivity index (χ0) is 19.2. The number of thiocarbonyl (C=S) groups is 1. The highest BCUT2D eigenvalue weighted by Crippen LogP contribution is 2.13. The lowest BCUT2D eigenvalue weighted by Crippen LogP contribution is -2.29. The summed E-state index contributed by atoms with van der Waals surface area (Å²) in [5, 5.41) is 6.82. The van der Waals surface area contributed by atoms with E-state index in [1.807, 2.05) is 0 Å². The highest BCUT2D eigenvalue weighted by molar-refractivity contribution is 7.80. The highest BCUT2D eigenvalue weighted by Gasteiger charge is 2.06. The number of carbonyl (C=O) groups excluding carboxylic acids is 1. The summed E-state index contributed by atoms with van der Waals surface area (Å²) in [7, 11) is 1.37. The summed E-state index contributed by atoms with van der Waals surface area (Å²) in [5.74, 6) is 0.330. The average molecular weight is 381 g/mol.